The van der Waals surface area contributed by atoms with Gasteiger partial charge in [-0.15, -0.1) is 0 Å². The van der Waals surface area contributed by atoms with Gasteiger partial charge in [0.2, 0.25) is 0 Å². The Hall–Kier alpha value is 0.597. The van der Waals surface area contributed by atoms with Gasteiger partial charge >= 0.3 is 17.1 Å². The Labute approximate surface area is 62.4 Å². The van der Waals surface area contributed by atoms with Gasteiger partial charge in [-0.3, -0.25) is 13.2 Å². The third-order valence-corrected chi connectivity index (χ3v) is 0. The van der Waals surface area contributed by atoms with E-state index in [1.54, 1.807) is 0 Å². The summed E-state index contributed by atoms with van der Waals surface area (Å²) in [6, 6.07) is 0. The second-order valence-electron chi connectivity index (χ2n) is 0. The third kappa shape index (κ3) is 167. The summed E-state index contributed by atoms with van der Waals surface area (Å²) in [5.41, 5.74) is 0. The summed E-state index contributed by atoms with van der Waals surface area (Å²) < 4.78 is 0. The molecule has 2 radical (unpaired) electrons. The van der Waals surface area contributed by atoms with Crippen LogP contribution in [-0.2, 0) is 17.1 Å². The Kier molecular flexibility index (Phi) is 1700. The maximum absolute atomic E-state index is 4.25. The van der Waals surface area contributed by atoms with Crippen LogP contribution in [0.15, 0.2) is 13.2 Å². The molecular formula is C4H6CuLi. The van der Waals surface area contributed by atoms with E-state index in [1.165, 1.54) is 0 Å². The smallest absolute Gasteiger partial charge is 0.521 e. The molecule has 0 aliphatic rings. The Bertz CT molecular complexity index is 9.51. The van der Waals surface area contributed by atoms with Gasteiger partial charge in [-0.25, -0.2) is 0 Å². The SMILES string of the molecule is [CH-]=C.[CH-]=C.[Cu+2].[Li]. The predicted octanol–water partition coefficient (Wildman–Crippen LogP) is 0.827. The summed E-state index contributed by atoms with van der Waals surface area (Å²) in [6.45, 7) is 14.0. The molecule has 0 spiro atoms. The first-order chi connectivity index (χ1) is 2.00. The Morgan fingerprint density at radius 1 is 0.833 bits per heavy atom. The van der Waals surface area contributed by atoms with E-state index in [4.69, 9.17) is 0 Å². The molecule has 0 saturated carbocycles. The average molecular weight is 125 g/mol. The molecule has 0 aromatic rings. The average Bonchev–Trinajstić information content (AvgIpc) is 1.50. The zero-order chi connectivity index (χ0) is 4.00. The van der Waals surface area contributed by atoms with Crippen LogP contribution in [0.25, 0.3) is 0 Å². The molecule has 0 rings (SSSR count). The molecule has 0 aromatic carbocycles. The Morgan fingerprint density at radius 2 is 0.833 bits per heavy atom. The number of rotatable bonds is 0. The fourth-order valence-electron chi connectivity index (χ4n) is 0. The predicted molar refractivity (Wildman–Crippen MR) is 25.6 cm³/mol. The van der Waals surface area contributed by atoms with Crippen LogP contribution in [-0.4, -0.2) is 18.9 Å². The van der Waals surface area contributed by atoms with Crippen molar-refractivity contribution in [3.8, 4) is 0 Å². The van der Waals surface area contributed by atoms with E-state index in [9.17, 15) is 0 Å². The maximum atomic E-state index is 4.25. The van der Waals surface area contributed by atoms with Crippen molar-refractivity contribution in [3.63, 3.8) is 0 Å². The molecule has 0 aromatic heterocycles. The van der Waals surface area contributed by atoms with Gasteiger partial charge in [0.1, 0.15) is 0 Å². The van der Waals surface area contributed by atoms with E-state index >= 15 is 0 Å². The minimum Gasteiger partial charge on any atom is -0.521 e. The Morgan fingerprint density at radius 3 is 0.833 bits per heavy atom. The van der Waals surface area contributed by atoms with Crippen LogP contribution < -0.4 is 0 Å². The monoisotopic (exact) mass is 124 g/mol. The van der Waals surface area contributed by atoms with Gasteiger partial charge in [-0.2, -0.15) is 0 Å². The number of hydrogen-bond acceptors (Lipinski definition) is 0. The van der Waals surface area contributed by atoms with E-state index in [1.807, 2.05) is 0 Å². The first-order valence-electron chi connectivity index (χ1n) is 0.816. The molecule has 2 heteroatoms. The largest absolute Gasteiger partial charge is 2.00 e. The van der Waals surface area contributed by atoms with Crippen molar-refractivity contribution >= 4 is 18.9 Å². The van der Waals surface area contributed by atoms with E-state index in [2.05, 4.69) is 26.3 Å². The maximum Gasteiger partial charge on any atom is 2.00 e. The molecule has 6 heavy (non-hydrogen) atoms. The van der Waals surface area contributed by atoms with Crippen molar-refractivity contribution < 1.29 is 17.1 Å². The van der Waals surface area contributed by atoms with Crippen LogP contribution in [0.5, 0.6) is 0 Å². The normalized spacial score (nSPS) is 1.33. The van der Waals surface area contributed by atoms with Crippen molar-refractivity contribution in [2.45, 2.75) is 0 Å². The summed E-state index contributed by atoms with van der Waals surface area (Å²) in [5, 5.41) is 0. The molecule has 0 N–H and O–H groups in total. The molecule has 0 aliphatic heterocycles. The summed E-state index contributed by atoms with van der Waals surface area (Å²) in [6.07, 6.45) is 0. The van der Waals surface area contributed by atoms with E-state index in [-0.39, 0.29) is 35.9 Å². The summed E-state index contributed by atoms with van der Waals surface area (Å²) in [5.74, 6) is 0. The van der Waals surface area contributed by atoms with E-state index < -0.39 is 0 Å². The van der Waals surface area contributed by atoms with Gasteiger partial charge in [-0.05, 0) is 0 Å². The Balaban J connectivity index is -0.00000000500. The fourth-order valence-corrected chi connectivity index (χ4v) is 0. The van der Waals surface area contributed by atoms with Crippen molar-refractivity contribution in [2.75, 3.05) is 0 Å². The molecule has 0 saturated heterocycles. The van der Waals surface area contributed by atoms with Crippen LogP contribution in [0.3, 0.4) is 0 Å². The van der Waals surface area contributed by atoms with Gasteiger partial charge in [-0.1, -0.05) is 0 Å². The molecule has 0 bridgehead atoms. The topological polar surface area (TPSA) is 0 Å². The molecule has 0 nitrogen and oxygen atoms in total. The second-order valence-corrected chi connectivity index (χ2v) is 0. The van der Waals surface area contributed by atoms with Gasteiger partial charge in [0.05, 0.1) is 0 Å². The van der Waals surface area contributed by atoms with Crippen LogP contribution in [0.2, 0.25) is 0 Å². The molecule has 0 amide bonds. The summed E-state index contributed by atoms with van der Waals surface area (Å²) >= 11 is 0. The molecule has 0 unspecified atom stereocenters. The van der Waals surface area contributed by atoms with Gasteiger partial charge in [0.15, 0.2) is 0 Å². The molecule has 0 fully saturated rings. The second kappa shape index (κ2) is 332. The zero-order valence-electron chi connectivity index (χ0n) is 3.87. The third-order valence-electron chi connectivity index (χ3n) is 0. The minimum atomic E-state index is 0. The van der Waals surface area contributed by atoms with Crippen molar-refractivity contribution in [1.82, 2.24) is 0 Å². The van der Waals surface area contributed by atoms with Gasteiger partial charge < -0.3 is 13.2 Å². The summed E-state index contributed by atoms with van der Waals surface area (Å²) in [7, 11) is 0. The van der Waals surface area contributed by atoms with Crippen molar-refractivity contribution in [3.05, 3.63) is 26.3 Å². The molecule has 0 atom stereocenters. The van der Waals surface area contributed by atoms with Crippen molar-refractivity contribution in [1.29, 1.82) is 0 Å². The molecule has 0 heterocycles. The first-order valence-corrected chi connectivity index (χ1v) is 0.816. The van der Waals surface area contributed by atoms with E-state index in [0.29, 0.717) is 0 Å². The van der Waals surface area contributed by atoms with Crippen LogP contribution in [0.4, 0.5) is 0 Å². The van der Waals surface area contributed by atoms with Gasteiger partial charge in [0, 0.05) is 18.9 Å². The number of hydrogen-bond donors (Lipinski definition) is 0. The van der Waals surface area contributed by atoms with Crippen LogP contribution in [0, 0.1) is 13.2 Å². The molecule has 34 valence electrons. The molecule has 0 aliphatic carbocycles. The van der Waals surface area contributed by atoms with Crippen LogP contribution >= 0.6 is 0 Å². The quantitative estimate of drug-likeness (QED) is 0.332. The van der Waals surface area contributed by atoms with Crippen molar-refractivity contribution in [2.24, 2.45) is 0 Å². The minimum absolute atomic E-state index is 0. The van der Waals surface area contributed by atoms with Crippen LogP contribution in [0.1, 0.15) is 0 Å². The molecular weight excluding hydrogens is 119 g/mol. The fraction of sp³-hybridized carbons (Fsp3) is 0. The van der Waals surface area contributed by atoms with Gasteiger partial charge in [0.25, 0.3) is 0 Å². The standard InChI is InChI=1S/2C2H3.Cu.Li/c2*1-2;;/h2*1H,2H2;;/q2*-1;+2;. The first kappa shape index (κ1) is 30.6. The zero-order valence-corrected chi connectivity index (χ0v) is 4.81. The van der Waals surface area contributed by atoms with E-state index in [0.717, 1.165) is 0 Å². The summed E-state index contributed by atoms with van der Waals surface area (Å²) in [4.78, 5) is 0.